The van der Waals surface area contributed by atoms with Crippen molar-refractivity contribution in [3.8, 4) is 5.75 Å². The summed E-state index contributed by atoms with van der Waals surface area (Å²) in [6.45, 7) is 4.18. The molecule has 2 fully saturated rings. The van der Waals surface area contributed by atoms with Gasteiger partial charge in [-0.25, -0.2) is 4.98 Å². The van der Waals surface area contributed by atoms with Crippen molar-refractivity contribution in [3.63, 3.8) is 0 Å². The number of carboxylic acids is 1. The number of aromatic nitrogens is 1. The molecule has 5 rings (SSSR count). The summed E-state index contributed by atoms with van der Waals surface area (Å²) in [5, 5.41) is 22.5. The van der Waals surface area contributed by atoms with E-state index in [0.717, 1.165) is 30.6 Å². The maximum atomic E-state index is 12.8. The molecule has 3 aliphatic carbocycles. The van der Waals surface area contributed by atoms with Crippen LogP contribution in [0.1, 0.15) is 80.2 Å². The first-order valence-corrected chi connectivity index (χ1v) is 14.4. The first-order valence-electron chi connectivity index (χ1n) is 13.6. The number of aliphatic carboxylic acids is 1. The number of fused-ring (bicyclic) bond motifs is 5. The van der Waals surface area contributed by atoms with Crippen LogP contribution in [0.4, 0.5) is 5.13 Å². The molecule has 204 valence electrons. The third kappa shape index (κ3) is 5.30. The number of amides is 1. The monoisotopic (exact) mass is 540 g/mol. The summed E-state index contributed by atoms with van der Waals surface area (Å²) in [6, 6.07) is 5.74. The Hall–Kier alpha value is -2.94. The van der Waals surface area contributed by atoms with Crippen LogP contribution in [-0.4, -0.2) is 39.1 Å². The molecule has 3 N–H and O–H groups in total. The quantitative estimate of drug-likeness (QED) is 0.381. The number of phenols is 1. The number of benzene rings is 1. The van der Waals surface area contributed by atoms with Gasteiger partial charge in [-0.05, 0) is 92.4 Å². The molecule has 2 aromatic rings. The van der Waals surface area contributed by atoms with Crippen molar-refractivity contribution in [2.45, 2.75) is 83.7 Å². The minimum Gasteiger partial charge on any atom is -0.508 e. The lowest BCUT2D eigenvalue weighted by Gasteiger charge is -2.51. The second kappa shape index (κ2) is 10.7. The fourth-order valence-electron chi connectivity index (χ4n) is 7.62. The van der Waals surface area contributed by atoms with Crippen LogP contribution in [0.5, 0.6) is 5.75 Å². The number of nitrogens with zero attached hydrogens (tertiary/aromatic N) is 1. The first kappa shape index (κ1) is 26.7. The summed E-state index contributed by atoms with van der Waals surface area (Å²) >= 11 is 1.45. The van der Waals surface area contributed by atoms with Gasteiger partial charge in [0.1, 0.15) is 11.9 Å². The Morgan fingerprint density at radius 1 is 1.21 bits per heavy atom. The SMILES string of the molecule is Cc1cnc(NC(=O)CCC2C[C@H](OC(=O)CCC(=O)O)[C@@]3(C)CCC4c5ccc(O)cc5CCC4C23)s1. The molecule has 0 saturated heterocycles. The molecule has 0 radical (unpaired) electrons. The number of hydrogen-bond acceptors (Lipinski definition) is 7. The van der Waals surface area contributed by atoms with Gasteiger partial charge in [0, 0.05) is 22.9 Å². The number of anilines is 1. The van der Waals surface area contributed by atoms with Crippen LogP contribution in [0.2, 0.25) is 0 Å². The second-order valence-electron chi connectivity index (χ2n) is 11.5. The van der Waals surface area contributed by atoms with Crippen molar-refractivity contribution >= 4 is 34.3 Å². The molecule has 1 heterocycles. The average molecular weight is 541 g/mol. The van der Waals surface area contributed by atoms with E-state index in [1.807, 2.05) is 13.0 Å². The highest BCUT2D eigenvalue weighted by Gasteiger charge is 2.59. The van der Waals surface area contributed by atoms with Crippen molar-refractivity contribution in [2.24, 2.45) is 23.2 Å². The molecule has 2 saturated carbocycles. The molecule has 1 aromatic heterocycles. The van der Waals surface area contributed by atoms with Gasteiger partial charge < -0.3 is 20.3 Å². The lowest BCUT2D eigenvalue weighted by molar-refractivity contribution is -0.159. The molecule has 9 heteroatoms. The van der Waals surface area contributed by atoms with Gasteiger partial charge in [-0.2, -0.15) is 0 Å². The number of aryl methyl sites for hydroxylation is 2. The van der Waals surface area contributed by atoms with E-state index in [4.69, 9.17) is 9.84 Å². The van der Waals surface area contributed by atoms with E-state index in [0.29, 0.717) is 42.0 Å². The standard InChI is InChI=1S/C29H36N2O6S/c1-16-15-30-28(38-16)31-24(33)8-4-18-14-23(37-26(36)10-9-25(34)35)29(2)12-11-21-20-7-5-19(32)13-17(20)3-6-22(21)27(18)29/h5,7,13,15,18,21-23,27,32H,3-4,6,8-12,14H2,1-2H3,(H,34,35)(H,30,31,33)/t18?,21?,22?,23-,27?,29+/m0/s1. The van der Waals surface area contributed by atoms with Crippen molar-refractivity contribution in [3.05, 3.63) is 40.4 Å². The molecule has 8 nitrogen and oxygen atoms in total. The third-order valence-corrected chi connectivity index (χ3v) is 10.0. The fraction of sp³-hybridized carbons (Fsp3) is 0.586. The Morgan fingerprint density at radius 2 is 2.03 bits per heavy atom. The number of carbonyl (C=O) groups is 3. The number of thiazole rings is 1. The van der Waals surface area contributed by atoms with Crippen LogP contribution >= 0.6 is 11.3 Å². The second-order valence-corrected chi connectivity index (χ2v) is 12.7. The highest BCUT2D eigenvalue weighted by atomic mass is 32.1. The zero-order valence-corrected chi connectivity index (χ0v) is 22.8. The van der Waals surface area contributed by atoms with E-state index in [2.05, 4.69) is 23.3 Å². The van der Waals surface area contributed by atoms with Crippen LogP contribution in [0.15, 0.2) is 24.4 Å². The molecule has 38 heavy (non-hydrogen) atoms. The molecule has 1 amide bonds. The normalized spacial score (nSPS) is 29.6. The topological polar surface area (TPSA) is 126 Å². The summed E-state index contributed by atoms with van der Waals surface area (Å²) < 4.78 is 5.99. The number of aromatic hydroxyl groups is 1. The summed E-state index contributed by atoms with van der Waals surface area (Å²) in [5.41, 5.74) is 2.32. The van der Waals surface area contributed by atoms with Crippen LogP contribution in [-0.2, 0) is 25.5 Å². The van der Waals surface area contributed by atoms with E-state index >= 15 is 0 Å². The number of esters is 1. The van der Waals surface area contributed by atoms with Gasteiger partial charge in [0.2, 0.25) is 5.91 Å². The van der Waals surface area contributed by atoms with Crippen LogP contribution in [0.25, 0.3) is 0 Å². The molecule has 0 aliphatic heterocycles. The molecule has 4 unspecified atom stereocenters. The van der Waals surface area contributed by atoms with Crippen LogP contribution < -0.4 is 5.32 Å². The van der Waals surface area contributed by atoms with Gasteiger partial charge in [-0.3, -0.25) is 14.4 Å². The molecule has 0 spiro atoms. The maximum Gasteiger partial charge on any atom is 0.306 e. The van der Waals surface area contributed by atoms with Gasteiger partial charge in [0.15, 0.2) is 5.13 Å². The predicted molar refractivity (Wildman–Crippen MR) is 143 cm³/mol. The summed E-state index contributed by atoms with van der Waals surface area (Å²) in [6.07, 6.45) is 6.64. The van der Waals surface area contributed by atoms with E-state index in [1.165, 1.54) is 22.5 Å². The smallest absolute Gasteiger partial charge is 0.306 e. The molecular weight excluding hydrogens is 504 g/mol. The molecular formula is C29H36N2O6S. The summed E-state index contributed by atoms with van der Waals surface area (Å²) in [4.78, 5) is 41.7. The highest BCUT2D eigenvalue weighted by molar-refractivity contribution is 7.15. The van der Waals surface area contributed by atoms with Crippen molar-refractivity contribution in [1.29, 1.82) is 0 Å². The maximum absolute atomic E-state index is 12.8. The van der Waals surface area contributed by atoms with Crippen LogP contribution in [0, 0.1) is 30.1 Å². The average Bonchev–Trinajstić information content (AvgIpc) is 3.40. The Labute approximate surface area is 226 Å². The number of ether oxygens (including phenoxy) is 1. The Bertz CT molecular complexity index is 1230. The number of rotatable bonds is 8. The Morgan fingerprint density at radius 3 is 2.76 bits per heavy atom. The predicted octanol–water partition coefficient (Wildman–Crippen LogP) is 5.43. The summed E-state index contributed by atoms with van der Waals surface area (Å²) in [7, 11) is 0. The van der Waals surface area contributed by atoms with Crippen molar-refractivity contribution < 1.29 is 29.3 Å². The third-order valence-electron chi connectivity index (χ3n) is 9.19. The number of carboxylic acid groups (broad SMARTS) is 1. The Kier molecular flexibility index (Phi) is 7.49. The molecule has 1 aromatic carbocycles. The number of carbonyl (C=O) groups excluding carboxylic acids is 2. The zero-order chi connectivity index (χ0) is 27.0. The van der Waals surface area contributed by atoms with Crippen molar-refractivity contribution in [1.82, 2.24) is 4.98 Å². The van der Waals surface area contributed by atoms with E-state index in [-0.39, 0.29) is 42.1 Å². The van der Waals surface area contributed by atoms with Gasteiger partial charge in [0.05, 0.1) is 12.8 Å². The number of nitrogens with one attached hydrogen (secondary N) is 1. The van der Waals surface area contributed by atoms with E-state index in [9.17, 15) is 19.5 Å². The lowest BCUT2D eigenvalue weighted by Crippen LogP contribution is -2.46. The number of phenolic OH excluding ortho intramolecular Hbond substituents is 1. The first-order chi connectivity index (χ1) is 18.1. The fourth-order valence-corrected chi connectivity index (χ4v) is 8.30. The van der Waals surface area contributed by atoms with Crippen molar-refractivity contribution in [2.75, 3.05) is 5.32 Å². The minimum atomic E-state index is -1.01. The number of hydrogen-bond donors (Lipinski definition) is 3. The van der Waals surface area contributed by atoms with Crippen LogP contribution in [0.3, 0.4) is 0 Å². The van der Waals surface area contributed by atoms with Gasteiger partial charge >= 0.3 is 11.9 Å². The van der Waals surface area contributed by atoms with Gasteiger partial charge in [-0.15, -0.1) is 11.3 Å². The van der Waals surface area contributed by atoms with Gasteiger partial charge in [0.25, 0.3) is 0 Å². The van der Waals surface area contributed by atoms with E-state index < -0.39 is 11.9 Å². The molecule has 0 bridgehead atoms. The van der Waals surface area contributed by atoms with Gasteiger partial charge in [-0.1, -0.05) is 13.0 Å². The minimum absolute atomic E-state index is 0.0558. The lowest BCUT2D eigenvalue weighted by atomic mass is 9.53. The zero-order valence-electron chi connectivity index (χ0n) is 21.9. The van der Waals surface area contributed by atoms with E-state index in [1.54, 1.807) is 12.3 Å². The largest absolute Gasteiger partial charge is 0.508 e. The Balaban J connectivity index is 1.36. The molecule has 6 atom stereocenters. The molecule has 3 aliphatic rings. The highest BCUT2D eigenvalue weighted by Crippen LogP contribution is 2.64. The summed E-state index contributed by atoms with van der Waals surface area (Å²) in [5.74, 6) is 0.0708.